The van der Waals surface area contributed by atoms with Crippen molar-refractivity contribution in [2.75, 3.05) is 24.9 Å². The first-order valence-electron chi connectivity index (χ1n) is 11.4. The zero-order valence-corrected chi connectivity index (χ0v) is 22.6. The van der Waals surface area contributed by atoms with Crippen molar-refractivity contribution in [2.24, 2.45) is 5.41 Å². The SMILES string of the molecule is COc1cc(OC)c(NC(=O)C(Sc2cccc(NC(=O)CC(C)(C)C)c2)c2ccccc2)cc1Cl. The summed E-state index contributed by atoms with van der Waals surface area (Å²) in [5.41, 5.74) is 1.85. The summed E-state index contributed by atoms with van der Waals surface area (Å²) in [6.07, 6.45) is 0.408. The molecule has 0 heterocycles. The number of anilines is 2. The fourth-order valence-corrected chi connectivity index (χ4v) is 4.85. The number of ether oxygens (including phenoxy) is 2. The molecule has 8 heteroatoms. The molecule has 3 aromatic rings. The molecule has 0 fully saturated rings. The summed E-state index contributed by atoms with van der Waals surface area (Å²) < 4.78 is 10.7. The Balaban J connectivity index is 1.86. The van der Waals surface area contributed by atoms with Crippen LogP contribution in [0.2, 0.25) is 5.02 Å². The van der Waals surface area contributed by atoms with Gasteiger partial charge >= 0.3 is 0 Å². The maximum Gasteiger partial charge on any atom is 0.242 e. The molecule has 190 valence electrons. The summed E-state index contributed by atoms with van der Waals surface area (Å²) in [5.74, 6) is 0.592. The molecule has 0 aliphatic carbocycles. The van der Waals surface area contributed by atoms with Gasteiger partial charge in [0.15, 0.2) is 0 Å². The molecule has 36 heavy (non-hydrogen) atoms. The third-order valence-corrected chi connectivity index (χ3v) is 6.68. The topological polar surface area (TPSA) is 76.7 Å². The van der Waals surface area contributed by atoms with Gasteiger partial charge in [-0.2, -0.15) is 0 Å². The average Bonchev–Trinajstić information content (AvgIpc) is 2.82. The van der Waals surface area contributed by atoms with Crippen LogP contribution < -0.4 is 20.1 Å². The molecule has 2 amide bonds. The number of carbonyl (C=O) groups is 2. The quantitative estimate of drug-likeness (QED) is 0.288. The molecule has 0 aliphatic heterocycles. The summed E-state index contributed by atoms with van der Waals surface area (Å²) >= 11 is 7.68. The molecule has 6 nitrogen and oxygen atoms in total. The predicted octanol–water partition coefficient (Wildman–Crippen LogP) is 7.20. The molecule has 0 aliphatic rings. The minimum atomic E-state index is -0.572. The van der Waals surface area contributed by atoms with E-state index < -0.39 is 5.25 Å². The molecule has 0 saturated heterocycles. The van der Waals surface area contributed by atoms with Crippen molar-refractivity contribution in [3.05, 3.63) is 77.3 Å². The van der Waals surface area contributed by atoms with Crippen LogP contribution in [0.25, 0.3) is 0 Å². The fourth-order valence-electron chi connectivity index (χ4n) is 3.53. The Labute approximate surface area is 221 Å². The number of methoxy groups -OCH3 is 2. The molecular formula is C28H31ClN2O4S. The van der Waals surface area contributed by atoms with Crippen molar-refractivity contribution in [3.8, 4) is 11.5 Å². The summed E-state index contributed by atoms with van der Waals surface area (Å²) in [6.45, 7) is 6.06. The Hall–Kier alpha value is -3.16. The molecular weight excluding hydrogens is 496 g/mol. The fraction of sp³-hybridized carbons (Fsp3) is 0.286. The van der Waals surface area contributed by atoms with Crippen LogP contribution in [0.4, 0.5) is 11.4 Å². The van der Waals surface area contributed by atoms with Gasteiger partial charge in [0.1, 0.15) is 16.7 Å². The second-order valence-electron chi connectivity index (χ2n) is 9.40. The lowest BCUT2D eigenvalue weighted by Crippen LogP contribution is -2.20. The largest absolute Gasteiger partial charge is 0.495 e. The van der Waals surface area contributed by atoms with Gasteiger partial charge in [-0.1, -0.05) is 68.8 Å². The van der Waals surface area contributed by atoms with E-state index >= 15 is 0 Å². The lowest BCUT2D eigenvalue weighted by Gasteiger charge is -2.20. The van der Waals surface area contributed by atoms with Crippen LogP contribution in [-0.4, -0.2) is 26.0 Å². The smallest absolute Gasteiger partial charge is 0.242 e. The normalized spacial score (nSPS) is 11.9. The van der Waals surface area contributed by atoms with E-state index in [-0.39, 0.29) is 17.2 Å². The first-order valence-corrected chi connectivity index (χ1v) is 12.7. The van der Waals surface area contributed by atoms with E-state index in [0.717, 1.165) is 10.5 Å². The van der Waals surface area contributed by atoms with Crippen molar-refractivity contribution in [1.29, 1.82) is 0 Å². The van der Waals surface area contributed by atoms with Gasteiger partial charge in [-0.25, -0.2) is 0 Å². The van der Waals surface area contributed by atoms with Crippen LogP contribution in [0.3, 0.4) is 0 Å². The number of carbonyl (C=O) groups excluding carboxylic acids is 2. The number of rotatable bonds is 9. The molecule has 0 saturated carbocycles. The lowest BCUT2D eigenvalue weighted by atomic mass is 9.92. The van der Waals surface area contributed by atoms with E-state index in [1.807, 2.05) is 75.4 Å². The van der Waals surface area contributed by atoms with Crippen LogP contribution in [0.1, 0.15) is 38.0 Å². The first kappa shape index (κ1) is 27.4. The van der Waals surface area contributed by atoms with Crippen molar-refractivity contribution < 1.29 is 19.1 Å². The van der Waals surface area contributed by atoms with Crippen LogP contribution in [-0.2, 0) is 9.59 Å². The molecule has 0 aromatic heterocycles. The van der Waals surface area contributed by atoms with Gasteiger partial charge in [0.05, 0.1) is 24.9 Å². The molecule has 2 N–H and O–H groups in total. The van der Waals surface area contributed by atoms with Gasteiger partial charge in [0.2, 0.25) is 11.8 Å². The van der Waals surface area contributed by atoms with Crippen LogP contribution >= 0.6 is 23.4 Å². The number of nitrogens with one attached hydrogen (secondary N) is 2. The van der Waals surface area contributed by atoms with Gasteiger partial charge < -0.3 is 20.1 Å². The zero-order valence-electron chi connectivity index (χ0n) is 21.1. The van der Waals surface area contributed by atoms with E-state index in [2.05, 4.69) is 10.6 Å². The van der Waals surface area contributed by atoms with Crippen LogP contribution in [0.15, 0.2) is 71.6 Å². The summed E-state index contributed by atoms with van der Waals surface area (Å²) in [4.78, 5) is 26.8. The third-order valence-electron chi connectivity index (χ3n) is 5.13. The van der Waals surface area contributed by atoms with Crippen molar-refractivity contribution in [1.82, 2.24) is 0 Å². The lowest BCUT2D eigenvalue weighted by molar-refractivity contribution is -0.118. The maximum absolute atomic E-state index is 13.5. The Morgan fingerprint density at radius 3 is 2.25 bits per heavy atom. The number of halogens is 1. The zero-order chi connectivity index (χ0) is 26.3. The summed E-state index contributed by atoms with van der Waals surface area (Å²) in [6, 6.07) is 20.2. The molecule has 3 rings (SSSR count). The van der Waals surface area contributed by atoms with Crippen LogP contribution in [0.5, 0.6) is 11.5 Å². The Bertz CT molecular complexity index is 1210. The molecule has 0 bridgehead atoms. The van der Waals surface area contributed by atoms with E-state index in [9.17, 15) is 9.59 Å². The van der Waals surface area contributed by atoms with E-state index in [1.54, 1.807) is 12.1 Å². The highest BCUT2D eigenvalue weighted by atomic mass is 35.5. The standard InChI is InChI=1S/C28H31ClN2O4S/c1-28(2,3)17-25(32)30-19-12-9-13-20(14-19)36-26(18-10-7-6-8-11-18)27(33)31-22-15-21(29)23(34-4)16-24(22)35-5/h6-16,26H,17H2,1-5H3,(H,30,32)(H,31,33). The predicted molar refractivity (Wildman–Crippen MR) is 147 cm³/mol. The molecule has 0 radical (unpaired) electrons. The number of thioether (sulfide) groups is 1. The minimum Gasteiger partial charge on any atom is -0.495 e. The number of hydrogen-bond donors (Lipinski definition) is 2. The Morgan fingerprint density at radius 1 is 0.917 bits per heavy atom. The maximum atomic E-state index is 13.5. The van der Waals surface area contributed by atoms with Gasteiger partial charge in [-0.3, -0.25) is 9.59 Å². The summed E-state index contributed by atoms with van der Waals surface area (Å²) in [7, 11) is 3.03. The van der Waals surface area contributed by atoms with Gasteiger partial charge in [0, 0.05) is 23.1 Å². The molecule has 1 atom stereocenters. The molecule has 3 aromatic carbocycles. The third kappa shape index (κ3) is 7.67. The molecule has 0 spiro atoms. The van der Waals surface area contributed by atoms with Gasteiger partial charge in [-0.15, -0.1) is 11.8 Å². The number of amides is 2. The number of hydrogen-bond acceptors (Lipinski definition) is 5. The van der Waals surface area contributed by atoms with Crippen LogP contribution in [0, 0.1) is 5.41 Å². The second-order valence-corrected chi connectivity index (χ2v) is 11.0. The average molecular weight is 527 g/mol. The van der Waals surface area contributed by atoms with Crippen molar-refractivity contribution in [2.45, 2.75) is 37.3 Å². The van der Waals surface area contributed by atoms with Crippen molar-refractivity contribution >= 4 is 46.6 Å². The summed E-state index contributed by atoms with van der Waals surface area (Å²) in [5, 5.41) is 5.69. The minimum absolute atomic E-state index is 0.0505. The van der Waals surface area contributed by atoms with E-state index in [0.29, 0.717) is 34.3 Å². The van der Waals surface area contributed by atoms with Gasteiger partial charge in [0.25, 0.3) is 0 Å². The Kier molecular flexibility index (Phi) is 9.29. The van der Waals surface area contributed by atoms with Crippen molar-refractivity contribution in [3.63, 3.8) is 0 Å². The Morgan fingerprint density at radius 2 is 1.61 bits per heavy atom. The highest BCUT2D eigenvalue weighted by molar-refractivity contribution is 8.00. The highest BCUT2D eigenvalue weighted by Crippen LogP contribution is 2.40. The number of benzene rings is 3. The van der Waals surface area contributed by atoms with E-state index in [4.69, 9.17) is 21.1 Å². The first-order chi connectivity index (χ1) is 17.1. The second kappa shape index (κ2) is 12.2. The van der Waals surface area contributed by atoms with Gasteiger partial charge in [-0.05, 0) is 35.2 Å². The highest BCUT2D eigenvalue weighted by Gasteiger charge is 2.24. The molecule has 1 unspecified atom stereocenters. The van der Waals surface area contributed by atoms with E-state index in [1.165, 1.54) is 26.0 Å². The monoisotopic (exact) mass is 526 g/mol.